The zero-order valence-electron chi connectivity index (χ0n) is 31.0. The number of imidazole rings is 2. The zero-order valence-corrected chi connectivity index (χ0v) is 31.0. The summed E-state index contributed by atoms with van der Waals surface area (Å²) in [6, 6.07) is 8.94. The molecule has 0 aliphatic carbocycles. The van der Waals surface area contributed by atoms with Crippen LogP contribution in [0.2, 0.25) is 0 Å². The number of benzene rings is 2. The summed E-state index contributed by atoms with van der Waals surface area (Å²) >= 11 is 0. The van der Waals surface area contributed by atoms with Crippen molar-refractivity contribution in [2.24, 2.45) is 11.5 Å². The molecule has 2 aliphatic heterocycles. The molecule has 2 aliphatic rings. The maximum atomic E-state index is 13.5. The average molecular weight is 759 g/mol. The summed E-state index contributed by atoms with van der Waals surface area (Å²) in [5.41, 5.74) is 15.9. The summed E-state index contributed by atoms with van der Waals surface area (Å²) < 4.78 is 19.2. The lowest BCUT2D eigenvalue weighted by molar-refractivity contribution is 0.0991. The first kappa shape index (κ1) is 35.8. The first-order valence-electron chi connectivity index (χ1n) is 18.1. The largest absolute Gasteiger partial charge is 0.489 e. The number of ether oxygens (including phenoxy) is 2. The van der Waals surface area contributed by atoms with Crippen LogP contribution in [0.15, 0.2) is 36.4 Å². The molecule has 0 saturated carbocycles. The molecular weight excluding hydrogens is 720 g/mol. The van der Waals surface area contributed by atoms with Gasteiger partial charge in [0, 0.05) is 37.1 Å². The quantitative estimate of drug-likeness (QED) is 0.149. The van der Waals surface area contributed by atoms with Crippen molar-refractivity contribution in [2.75, 3.05) is 23.8 Å². The number of amides is 4. The third-order valence-electron chi connectivity index (χ3n) is 9.78. The van der Waals surface area contributed by atoms with Crippen LogP contribution in [0.5, 0.6) is 11.5 Å². The molecule has 4 aromatic heterocycles. The van der Waals surface area contributed by atoms with Crippen LogP contribution in [-0.2, 0) is 13.1 Å². The number of anilines is 2. The highest BCUT2D eigenvalue weighted by Gasteiger charge is 2.31. The lowest BCUT2D eigenvalue weighted by atomic mass is 10.1. The minimum Gasteiger partial charge on any atom is -0.489 e. The number of rotatable bonds is 10. The molecule has 18 nitrogen and oxygen atoms in total. The molecule has 6 heterocycles. The van der Waals surface area contributed by atoms with E-state index in [0.29, 0.717) is 82.3 Å². The van der Waals surface area contributed by atoms with Crippen LogP contribution in [0.4, 0.5) is 11.9 Å². The van der Waals surface area contributed by atoms with Crippen molar-refractivity contribution in [2.45, 2.75) is 65.7 Å². The molecule has 0 spiro atoms. The van der Waals surface area contributed by atoms with Gasteiger partial charge in [0.15, 0.2) is 0 Å². The monoisotopic (exact) mass is 758 g/mol. The Morgan fingerprint density at radius 3 is 1.48 bits per heavy atom. The number of hydrogen-bond acceptors (Lipinski definition) is 10. The number of aromatic nitrogens is 8. The van der Waals surface area contributed by atoms with Crippen molar-refractivity contribution in [1.82, 2.24) is 38.7 Å². The SMILES string of the molecule is CCn1nc(C)cc1C(=O)Nc1nc2cc(C(N)=O)cc3c2n1[C@@H](CC#CC[C@H]1COc2cc(C(N)=O)cc4nc(NC(=O)c5cc(C)nn5CC)n1c24)CO3. The minimum absolute atomic E-state index is 0.179. The van der Waals surface area contributed by atoms with Crippen LogP contribution in [0.25, 0.3) is 22.1 Å². The number of nitrogens with zero attached hydrogens (tertiary/aromatic N) is 8. The molecule has 18 heteroatoms. The van der Waals surface area contributed by atoms with Crippen molar-refractivity contribution in [1.29, 1.82) is 0 Å². The minimum atomic E-state index is -0.634. The second-order valence-electron chi connectivity index (χ2n) is 13.6. The van der Waals surface area contributed by atoms with Crippen LogP contribution in [-0.4, -0.2) is 75.5 Å². The third-order valence-corrected chi connectivity index (χ3v) is 9.78. The fourth-order valence-corrected chi connectivity index (χ4v) is 7.25. The molecule has 4 amide bonds. The fourth-order valence-electron chi connectivity index (χ4n) is 7.25. The Balaban J connectivity index is 1.10. The Morgan fingerprint density at radius 1 is 0.696 bits per heavy atom. The number of carbonyl (C=O) groups is 4. The van der Waals surface area contributed by atoms with Gasteiger partial charge < -0.3 is 20.9 Å². The normalized spacial score (nSPS) is 15.5. The van der Waals surface area contributed by atoms with Gasteiger partial charge >= 0.3 is 0 Å². The maximum absolute atomic E-state index is 13.5. The molecular formula is C38H38N12O6. The van der Waals surface area contributed by atoms with Gasteiger partial charge in [-0.2, -0.15) is 10.2 Å². The van der Waals surface area contributed by atoms with Gasteiger partial charge in [-0.25, -0.2) is 9.97 Å². The molecule has 0 radical (unpaired) electrons. The van der Waals surface area contributed by atoms with E-state index in [0.717, 1.165) is 0 Å². The highest BCUT2D eigenvalue weighted by atomic mass is 16.5. The number of nitrogens with two attached hydrogens (primary N) is 2. The van der Waals surface area contributed by atoms with E-state index < -0.39 is 23.6 Å². The second-order valence-corrected chi connectivity index (χ2v) is 13.6. The Hall–Kier alpha value is -7.16. The number of hydrogen-bond donors (Lipinski definition) is 4. The molecule has 0 bridgehead atoms. The third kappa shape index (κ3) is 6.22. The molecule has 6 N–H and O–H groups in total. The van der Waals surface area contributed by atoms with E-state index in [2.05, 4.69) is 32.7 Å². The van der Waals surface area contributed by atoms with Crippen molar-refractivity contribution in [3.8, 4) is 23.3 Å². The van der Waals surface area contributed by atoms with E-state index in [9.17, 15) is 19.2 Å². The average Bonchev–Trinajstić information content (AvgIpc) is 3.95. The molecule has 0 saturated heterocycles. The Kier molecular flexibility index (Phi) is 8.91. The van der Waals surface area contributed by atoms with Gasteiger partial charge in [-0.15, -0.1) is 11.8 Å². The van der Waals surface area contributed by atoms with E-state index >= 15 is 0 Å². The molecule has 286 valence electrons. The summed E-state index contributed by atoms with van der Waals surface area (Å²) in [7, 11) is 0. The Morgan fingerprint density at radius 2 is 1.11 bits per heavy atom. The van der Waals surface area contributed by atoms with Crippen molar-refractivity contribution < 1.29 is 28.7 Å². The standard InChI is InChI=1S/C38H38N12O6/c1-5-47-27(11-19(3)45-47)35(53)43-37-41-25-13-21(33(39)51)15-29-31(25)49(37)23(17-55-29)9-7-8-10-24-18-56-30-16-22(34(40)52)14-26-32(30)50(24)38(42-26)44-36(54)28-12-20(4)46-48(28)6-2/h11-16,23-24H,5-6,9-10,17-18H2,1-4H3,(H2,39,51)(H2,40,52)(H,41,43,53)(H,42,44,54)/t23-,24-/m0/s1. The Bertz CT molecular complexity index is 2510. The van der Waals surface area contributed by atoms with Crippen molar-refractivity contribution >= 4 is 57.6 Å². The molecule has 8 rings (SSSR count). The highest BCUT2D eigenvalue weighted by molar-refractivity contribution is 6.05. The second kappa shape index (κ2) is 13.9. The zero-order chi connectivity index (χ0) is 39.4. The lowest BCUT2D eigenvalue weighted by Crippen LogP contribution is -2.26. The highest BCUT2D eigenvalue weighted by Crippen LogP contribution is 2.40. The number of aryl methyl sites for hydroxylation is 4. The number of nitrogens with one attached hydrogen (secondary N) is 2. The van der Waals surface area contributed by atoms with E-state index in [1.54, 1.807) is 45.8 Å². The predicted octanol–water partition coefficient (Wildman–Crippen LogP) is 3.49. The lowest BCUT2D eigenvalue weighted by Gasteiger charge is -2.27. The topological polar surface area (TPSA) is 234 Å². The van der Waals surface area contributed by atoms with Gasteiger partial charge in [-0.05, 0) is 64.1 Å². The molecule has 2 aromatic carbocycles. The van der Waals surface area contributed by atoms with Crippen molar-refractivity contribution in [3.05, 3.63) is 70.3 Å². The number of primary amides is 2. The van der Waals surface area contributed by atoms with Gasteiger partial charge in [-0.1, -0.05) is 0 Å². The summed E-state index contributed by atoms with van der Waals surface area (Å²) in [4.78, 5) is 60.7. The predicted molar refractivity (Wildman–Crippen MR) is 204 cm³/mol. The summed E-state index contributed by atoms with van der Waals surface area (Å²) in [6.45, 7) is 8.78. The maximum Gasteiger partial charge on any atom is 0.276 e. The van der Waals surface area contributed by atoms with E-state index in [1.807, 2.05) is 36.8 Å². The molecule has 0 unspecified atom stereocenters. The van der Waals surface area contributed by atoms with Crippen LogP contribution in [0, 0.1) is 25.7 Å². The van der Waals surface area contributed by atoms with Gasteiger partial charge in [0.2, 0.25) is 23.7 Å². The van der Waals surface area contributed by atoms with Gasteiger partial charge in [0.25, 0.3) is 11.8 Å². The molecule has 6 aromatic rings. The van der Waals surface area contributed by atoms with Crippen molar-refractivity contribution in [3.63, 3.8) is 0 Å². The van der Waals surface area contributed by atoms with Crippen LogP contribution < -0.4 is 31.6 Å². The summed E-state index contributed by atoms with van der Waals surface area (Å²) in [6.07, 6.45) is 0.625. The Labute approximate surface area is 319 Å². The van der Waals surface area contributed by atoms with Gasteiger partial charge in [-0.3, -0.25) is 48.3 Å². The van der Waals surface area contributed by atoms with Crippen LogP contribution in [0.3, 0.4) is 0 Å². The molecule has 56 heavy (non-hydrogen) atoms. The summed E-state index contributed by atoms with van der Waals surface area (Å²) in [5.74, 6) is 5.85. The molecule has 0 fully saturated rings. The smallest absolute Gasteiger partial charge is 0.276 e. The summed E-state index contributed by atoms with van der Waals surface area (Å²) in [5, 5.41) is 14.7. The van der Waals surface area contributed by atoms with Crippen LogP contribution in [0.1, 0.15) is 91.9 Å². The van der Waals surface area contributed by atoms with Crippen LogP contribution >= 0.6 is 0 Å². The fraction of sp³-hybridized carbons (Fsp3) is 0.316. The van der Waals surface area contributed by atoms with E-state index in [1.165, 1.54) is 0 Å². The van der Waals surface area contributed by atoms with E-state index in [-0.39, 0.29) is 48.3 Å². The first-order valence-corrected chi connectivity index (χ1v) is 18.1. The first-order chi connectivity index (χ1) is 26.9. The molecule has 2 atom stereocenters. The van der Waals surface area contributed by atoms with Gasteiger partial charge in [0.05, 0.1) is 34.5 Å². The number of carbonyl (C=O) groups excluding carboxylic acids is 4. The van der Waals surface area contributed by atoms with E-state index in [4.69, 9.17) is 30.9 Å². The van der Waals surface area contributed by atoms with Gasteiger partial charge in [0.1, 0.15) is 47.1 Å².